The fourth-order valence-corrected chi connectivity index (χ4v) is 3.32. The third-order valence-corrected chi connectivity index (χ3v) is 4.66. The second kappa shape index (κ2) is 8.74. The minimum atomic E-state index is -0.279. The standard InChI is InChI=1S/C17H31NO3/c1-3-16(21-15-7-4-5-8-15)17(19)18-13(2)10-11-14-9-6-12-20-14/h13-16H,3-12H2,1-2H3,(H,18,19). The highest BCUT2D eigenvalue weighted by molar-refractivity contribution is 5.80. The molecule has 1 saturated heterocycles. The number of rotatable bonds is 8. The molecule has 4 heteroatoms. The molecule has 0 spiro atoms. The quantitative estimate of drug-likeness (QED) is 0.748. The van der Waals surface area contributed by atoms with Crippen molar-refractivity contribution in [2.45, 2.75) is 96.0 Å². The molecule has 1 aliphatic carbocycles. The largest absolute Gasteiger partial charge is 0.378 e. The van der Waals surface area contributed by atoms with Crippen LogP contribution in [0.15, 0.2) is 0 Å². The predicted octanol–water partition coefficient (Wildman–Crippen LogP) is 3.19. The van der Waals surface area contributed by atoms with Gasteiger partial charge in [0.15, 0.2) is 0 Å². The second-order valence-corrected chi connectivity index (χ2v) is 6.56. The van der Waals surface area contributed by atoms with Crippen LogP contribution < -0.4 is 5.32 Å². The van der Waals surface area contributed by atoms with E-state index in [0.29, 0.717) is 12.2 Å². The molecule has 0 bridgehead atoms. The van der Waals surface area contributed by atoms with Crippen LogP contribution in [-0.2, 0) is 14.3 Å². The van der Waals surface area contributed by atoms with Gasteiger partial charge in [-0.25, -0.2) is 0 Å². The number of nitrogens with one attached hydrogen (secondary N) is 1. The molecule has 2 fully saturated rings. The van der Waals surface area contributed by atoms with E-state index in [1.165, 1.54) is 25.7 Å². The Bertz CT molecular complexity index is 309. The summed E-state index contributed by atoms with van der Waals surface area (Å²) in [6.07, 6.45) is 10.2. The fraction of sp³-hybridized carbons (Fsp3) is 0.941. The summed E-state index contributed by atoms with van der Waals surface area (Å²) in [5.74, 6) is 0.0595. The van der Waals surface area contributed by atoms with Crippen LogP contribution in [0.25, 0.3) is 0 Å². The zero-order chi connectivity index (χ0) is 15.1. The Balaban J connectivity index is 1.67. The molecule has 0 aromatic rings. The summed E-state index contributed by atoms with van der Waals surface area (Å²) in [7, 11) is 0. The van der Waals surface area contributed by atoms with Crippen LogP contribution >= 0.6 is 0 Å². The molecule has 2 aliphatic rings. The monoisotopic (exact) mass is 297 g/mol. The summed E-state index contributed by atoms with van der Waals surface area (Å²) in [5.41, 5.74) is 0. The molecule has 21 heavy (non-hydrogen) atoms. The van der Waals surface area contributed by atoms with E-state index < -0.39 is 0 Å². The first kappa shape index (κ1) is 16.8. The lowest BCUT2D eigenvalue weighted by atomic mass is 10.1. The molecule has 0 aromatic heterocycles. The van der Waals surface area contributed by atoms with Gasteiger partial charge in [0.05, 0.1) is 12.2 Å². The predicted molar refractivity (Wildman–Crippen MR) is 83.2 cm³/mol. The Morgan fingerprint density at radius 1 is 1.29 bits per heavy atom. The maximum Gasteiger partial charge on any atom is 0.249 e. The smallest absolute Gasteiger partial charge is 0.249 e. The molecular formula is C17H31NO3. The second-order valence-electron chi connectivity index (χ2n) is 6.56. The van der Waals surface area contributed by atoms with Crippen molar-refractivity contribution in [3.05, 3.63) is 0 Å². The van der Waals surface area contributed by atoms with Crippen molar-refractivity contribution >= 4 is 5.91 Å². The van der Waals surface area contributed by atoms with E-state index >= 15 is 0 Å². The summed E-state index contributed by atoms with van der Waals surface area (Å²) in [6.45, 7) is 5.00. The molecule has 3 atom stereocenters. The molecule has 1 amide bonds. The summed E-state index contributed by atoms with van der Waals surface area (Å²) in [5, 5.41) is 3.11. The average Bonchev–Trinajstić information content (AvgIpc) is 3.15. The number of amides is 1. The Hall–Kier alpha value is -0.610. The highest BCUT2D eigenvalue weighted by Crippen LogP contribution is 2.23. The lowest BCUT2D eigenvalue weighted by Gasteiger charge is -2.23. The zero-order valence-electron chi connectivity index (χ0n) is 13.6. The van der Waals surface area contributed by atoms with Gasteiger partial charge in [0.1, 0.15) is 6.10 Å². The van der Waals surface area contributed by atoms with Crippen LogP contribution in [0.5, 0.6) is 0 Å². The van der Waals surface area contributed by atoms with Gasteiger partial charge in [-0.05, 0) is 51.9 Å². The topological polar surface area (TPSA) is 47.6 Å². The van der Waals surface area contributed by atoms with Crippen molar-refractivity contribution in [3.63, 3.8) is 0 Å². The number of carbonyl (C=O) groups excluding carboxylic acids is 1. The molecule has 3 unspecified atom stereocenters. The van der Waals surface area contributed by atoms with Crippen molar-refractivity contribution in [2.75, 3.05) is 6.61 Å². The first-order chi connectivity index (χ1) is 10.2. The summed E-state index contributed by atoms with van der Waals surface area (Å²) in [6, 6.07) is 0.197. The molecule has 1 heterocycles. The van der Waals surface area contributed by atoms with Crippen molar-refractivity contribution < 1.29 is 14.3 Å². The highest BCUT2D eigenvalue weighted by atomic mass is 16.5. The van der Waals surface area contributed by atoms with Gasteiger partial charge in [0.2, 0.25) is 5.91 Å². The van der Waals surface area contributed by atoms with Crippen molar-refractivity contribution in [1.82, 2.24) is 5.32 Å². The summed E-state index contributed by atoms with van der Waals surface area (Å²) in [4.78, 5) is 12.3. The number of hydrogen-bond donors (Lipinski definition) is 1. The van der Waals surface area contributed by atoms with E-state index in [2.05, 4.69) is 12.2 Å². The van der Waals surface area contributed by atoms with E-state index in [4.69, 9.17) is 9.47 Å². The van der Waals surface area contributed by atoms with Crippen LogP contribution in [0.1, 0.15) is 71.6 Å². The van der Waals surface area contributed by atoms with Crippen molar-refractivity contribution in [1.29, 1.82) is 0 Å². The zero-order valence-corrected chi connectivity index (χ0v) is 13.6. The van der Waals surface area contributed by atoms with Gasteiger partial charge >= 0.3 is 0 Å². The Morgan fingerprint density at radius 2 is 2.05 bits per heavy atom. The van der Waals surface area contributed by atoms with Crippen molar-refractivity contribution in [2.24, 2.45) is 0 Å². The first-order valence-corrected chi connectivity index (χ1v) is 8.76. The molecule has 0 aromatic carbocycles. The van der Waals surface area contributed by atoms with Crippen LogP contribution in [0, 0.1) is 0 Å². The van der Waals surface area contributed by atoms with Gasteiger partial charge in [0, 0.05) is 12.6 Å². The summed E-state index contributed by atoms with van der Waals surface area (Å²) < 4.78 is 11.6. The van der Waals surface area contributed by atoms with Crippen LogP contribution in [0.3, 0.4) is 0 Å². The molecular weight excluding hydrogens is 266 g/mol. The number of ether oxygens (including phenoxy) is 2. The minimum absolute atomic E-state index is 0.0595. The highest BCUT2D eigenvalue weighted by Gasteiger charge is 2.25. The maximum absolute atomic E-state index is 12.3. The summed E-state index contributed by atoms with van der Waals surface area (Å²) >= 11 is 0. The molecule has 1 N–H and O–H groups in total. The SMILES string of the molecule is CCC(OC1CCCC1)C(=O)NC(C)CCC1CCCO1. The lowest BCUT2D eigenvalue weighted by molar-refractivity contribution is -0.137. The fourth-order valence-electron chi connectivity index (χ4n) is 3.32. The van der Waals surface area contributed by atoms with Gasteiger partial charge in [-0.3, -0.25) is 4.79 Å². The third kappa shape index (κ3) is 5.59. The van der Waals surface area contributed by atoms with Gasteiger partial charge in [0.25, 0.3) is 0 Å². The van der Waals surface area contributed by atoms with Gasteiger partial charge in [-0.1, -0.05) is 19.8 Å². The number of carbonyl (C=O) groups is 1. The Morgan fingerprint density at radius 3 is 2.67 bits per heavy atom. The molecule has 1 saturated carbocycles. The third-order valence-electron chi connectivity index (χ3n) is 4.66. The van der Waals surface area contributed by atoms with Crippen LogP contribution in [0.4, 0.5) is 0 Å². The van der Waals surface area contributed by atoms with Crippen LogP contribution in [0.2, 0.25) is 0 Å². The van der Waals surface area contributed by atoms with E-state index in [0.717, 1.165) is 38.7 Å². The normalized spacial score (nSPS) is 25.9. The molecule has 0 radical (unpaired) electrons. The van der Waals surface area contributed by atoms with E-state index in [9.17, 15) is 4.79 Å². The molecule has 1 aliphatic heterocycles. The van der Waals surface area contributed by atoms with E-state index in [-0.39, 0.29) is 18.1 Å². The molecule has 4 nitrogen and oxygen atoms in total. The minimum Gasteiger partial charge on any atom is -0.378 e. The number of hydrogen-bond acceptors (Lipinski definition) is 3. The van der Waals surface area contributed by atoms with Gasteiger partial charge < -0.3 is 14.8 Å². The first-order valence-electron chi connectivity index (χ1n) is 8.76. The lowest BCUT2D eigenvalue weighted by Crippen LogP contribution is -2.42. The van der Waals surface area contributed by atoms with Crippen LogP contribution in [-0.4, -0.2) is 36.9 Å². The molecule has 122 valence electrons. The van der Waals surface area contributed by atoms with Crippen molar-refractivity contribution in [3.8, 4) is 0 Å². The van der Waals surface area contributed by atoms with E-state index in [1.807, 2.05) is 6.92 Å². The Labute approximate surface area is 129 Å². The average molecular weight is 297 g/mol. The Kier molecular flexibility index (Phi) is 6.97. The molecule has 2 rings (SSSR count). The van der Waals surface area contributed by atoms with Gasteiger partial charge in [-0.15, -0.1) is 0 Å². The maximum atomic E-state index is 12.3. The van der Waals surface area contributed by atoms with E-state index in [1.54, 1.807) is 0 Å². The van der Waals surface area contributed by atoms with Gasteiger partial charge in [-0.2, -0.15) is 0 Å².